The highest BCUT2D eigenvalue weighted by molar-refractivity contribution is 7.91. The van der Waals surface area contributed by atoms with Crippen LogP contribution in [0.15, 0.2) is 24.5 Å². The molecule has 0 aromatic carbocycles. The fraction of sp³-hybridized carbons (Fsp3) is 0.625. The van der Waals surface area contributed by atoms with Gasteiger partial charge in [0.15, 0.2) is 9.84 Å². The van der Waals surface area contributed by atoms with E-state index in [1.165, 1.54) is 0 Å². The van der Waals surface area contributed by atoms with Crippen molar-refractivity contribution in [2.45, 2.75) is 25.9 Å². The van der Waals surface area contributed by atoms with E-state index < -0.39 is 9.84 Å². The molecule has 2 fully saturated rings. The van der Waals surface area contributed by atoms with Crippen LogP contribution in [-0.4, -0.2) is 72.3 Å². The van der Waals surface area contributed by atoms with Crippen molar-refractivity contribution in [2.75, 3.05) is 31.1 Å². The number of carbonyl (C=O) groups is 1. The van der Waals surface area contributed by atoms with Gasteiger partial charge in [-0.05, 0) is 18.1 Å². The van der Waals surface area contributed by atoms with E-state index in [4.69, 9.17) is 0 Å². The molecule has 3 rings (SSSR count). The third kappa shape index (κ3) is 3.40. The van der Waals surface area contributed by atoms with E-state index in [0.29, 0.717) is 18.0 Å². The molecule has 0 bridgehead atoms. The molecule has 3 heterocycles. The lowest BCUT2D eigenvalue weighted by Gasteiger charge is -2.44. The van der Waals surface area contributed by atoms with Gasteiger partial charge in [0, 0.05) is 43.6 Å². The van der Waals surface area contributed by atoms with Crippen LogP contribution in [0.5, 0.6) is 0 Å². The van der Waals surface area contributed by atoms with Gasteiger partial charge in [0.1, 0.15) is 0 Å². The topological polar surface area (TPSA) is 70.6 Å². The molecule has 0 N–H and O–H groups in total. The zero-order valence-corrected chi connectivity index (χ0v) is 14.4. The van der Waals surface area contributed by atoms with E-state index >= 15 is 0 Å². The Hall–Kier alpha value is -1.47. The number of rotatable bonds is 3. The summed E-state index contributed by atoms with van der Waals surface area (Å²) >= 11 is 0. The van der Waals surface area contributed by atoms with Crippen LogP contribution in [0.3, 0.4) is 0 Å². The number of nitrogens with zero attached hydrogens (tertiary/aromatic N) is 3. The standard InChI is InChI=1S/C16H23N3O3S/c1-12(2)9-18-7-8-19(15-11-23(21,22)10-14(15)18)16(20)13-3-5-17-6-4-13/h3-6,12,14-15H,7-11H2,1-2H3/t14-,15+/m0/s1. The van der Waals surface area contributed by atoms with Gasteiger partial charge in [0.25, 0.3) is 5.91 Å². The molecule has 2 aliphatic heterocycles. The molecular formula is C16H23N3O3S. The molecule has 2 saturated heterocycles. The highest BCUT2D eigenvalue weighted by Gasteiger charge is 2.48. The Morgan fingerprint density at radius 3 is 2.52 bits per heavy atom. The summed E-state index contributed by atoms with van der Waals surface area (Å²) in [6.45, 7) is 6.43. The number of pyridine rings is 1. The van der Waals surface area contributed by atoms with Crippen molar-refractivity contribution in [3.05, 3.63) is 30.1 Å². The fourth-order valence-electron chi connectivity index (χ4n) is 3.63. The van der Waals surface area contributed by atoms with E-state index in [0.717, 1.165) is 13.1 Å². The van der Waals surface area contributed by atoms with Gasteiger partial charge in [0.05, 0.1) is 17.5 Å². The monoisotopic (exact) mass is 337 g/mol. The number of hydrogen-bond acceptors (Lipinski definition) is 5. The molecule has 0 aliphatic carbocycles. The number of amides is 1. The molecule has 1 amide bonds. The van der Waals surface area contributed by atoms with Gasteiger partial charge in [-0.2, -0.15) is 0 Å². The zero-order valence-electron chi connectivity index (χ0n) is 13.6. The van der Waals surface area contributed by atoms with Gasteiger partial charge in [0.2, 0.25) is 0 Å². The minimum atomic E-state index is -3.09. The summed E-state index contributed by atoms with van der Waals surface area (Å²) in [6, 6.07) is 3.04. The van der Waals surface area contributed by atoms with Crippen LogP contribution in [0.1, 0.15) is 24.2 Å². The van der Waals surface area contributed by atoms with Crippen LogP contribution in [0.25, 0.3) is 0 Å². The Labute approximate surface area is 137 Å². The van der Waals surface area contributed by atoms with Crippen molar-refractivity contribution in [1.29, 1.82) is 0 Å². The summed E-state index contributed by atoms with van der Waals surface area (Å²) in [5.74, 6) is 0.609. The molecule has 126 valence electrons. The third-order valence-corrected chi connectivity index (χ3v) is 6.28. The first-order valence-electron chi connectivity index (χ1n) is 8.03. The predicted octanol–water partition coefficient (Wildman–Crippen LogP) is 0.661. The van der Waals surface area contributed by atoms with Crippen LogP contribution >= 0.6 is 0 Å². The molecule has 0 unspecified atom stereocenters. The Bertz CT molecular complexity index is 675. The molecule has 2 aliphatic rings. The highest BCUT2D eigenvalue weighted by atomic mass is 32.2. The van der Waals surface area contributed by atoms with E-state index in [-0.39, 0.29) is 29.5 Å². The first kappa shape index (κ1) is 16.4. The number of piperazine rings is 1. The largest absolute Gasteiger partial charge is 0.332 e. The predicted molar refractivity (Wildman–Crippen MR) is 87.9 cm³/mol. The van der Waals surface area contributed by atoms with E-state index in [1.54, 1.807) is 29.4 Å². The molecule has 23 heavy (non-hydrogen) atoms. The lowest BCUT2D eigenvalue weighted by Crippen LogP contribution is -2.61. The molecular weight excluding hydrogens is 314 g/mol. The fourth-order valence-corrected chi connectivity index (χ4v) is 5.64. The Morgan fingerprint density at radius 2 is 1.87 bits per heavy atom. The summed E-state index contributed by atoms with van der Waals surface area (Å²) in [5, 5.41) is 0. The number of sulfone groups is 1. The zero-order chi connectivity index (χ0) is 16.6. The highest BCUT2D eigenvalue weighted by Crippen LogP contribution is 2.28. The second kappa shape index (κ2) is 6.20. The van der Waals surface area contributed by atoms with Gasteiger partial charge < -0.3 is 4.90 Å². The minimum absolute atomic E-state index is 0.0725. The van der Waals surface area contributed by atoms with Crippen molar-refractivity contribution < 1.29 is 13.2 Å². The lowest BCUT2D eigenvalue weighted by molar-refractivity contribution is 0.0297. The van der Waals surface area contributed by atoms with Crippen molar-refractivity contribution in [2.24, 2.45) is 5.92 Å². The van der Waals surface area contributed by atoms with Crippen LogP contribution in [-0.2, 0) is 9.84 Å². The van der Waals surface area contributed by atoms with Gasteiger partial charge in [-0.1, -0.05) is 13.8 Å². The van der Waals surface area contributed by atoms with Crippen LogP contribution < -0.4 is 0 Å². The molecule has 0 spiro atoms. The van der Waals surface area contributed by atoms with Crippen LogP contribution in [0.4, 0.5) is 0 Å². The normalized spacial score (nSPS) is 27.2. The van der Waals surface area contributed by atoms with Gasteiger partial charge in [-0.25, -0.2) is 8.42 Å². The molecule has 7 heteroatoms. The Balaban J connectivity index is 1.85. The number of carbonyl (C=O) groups excluding carboxylic acids is 1. The minimum Gasteiger partial charge on any atom is -0.332 e. The van der Waals surface area contributed by atoms with Gasteiger partial charge in [-0.3, -0.25) is 14.7 Å². The van der Waals surface area contributed by atoms with E-state index in [9.17, 15) is 13.2 Å². The Morgan fingerprint density at radius 1 is 1.22 bits per heavy atom. The Kier molecular flexibility index (Phi) is 4.42. The smallest absolute Gasteiger partial charge is 0.254 e. The maximum absolute atomic E-state index is 12.8. The van der Waals surface area contributed by atoms with Crippen LogP contribution in [0, 0.1) is 5.92 Å². The quantitative estimate of drug-likeness (QED) is 0.810. The van der Waals surface area contributed by atoms with Crippen molar-refractivity contribution in [3.8, 4) is 0 Å². The second-order valence-corrected chi connectivity index (χ2v) is 8.99. The molecule has 1 aromatic heterocycles. The molecule has 1 aromatic rings. The maximum Gasteiger partial charge on any atom is 0.254 e. The van der Waals surface area contributed by atoms with Crippen LogP contribution in [0.2, 0.25) is 0 Å². The number of hydrogen-bond donors (Lipinski definition) is 0. The van der Waals surface area contributed by atoms with Gasteiger partial charge in [-0.15, -0.1) is 0 Å². The summed E-state index contributed by atoms with van der Waals surface area (Å²) in [5.41, 5.74) is 0.570. The second-order valence-electron chi connectivity index (χ2n) is 6.83. The molecule has 0 saturated carbocycles. The summed E-state index contributed by atoms with van der Waals surface area (Å²) in [6.07, 6.45) is 3.18. The average Bonchev–Trinajstić information content (AvgIpc) is 2.83. The first-order valence-corrected chi connectivity index (χ1v) is 9.85. The lowest BCUT2D eigenvalue weighted by atomic mass is 10.0. The summed E-state index contributed by atoms with van der Waals surface area (Å²) < 4.78 is 24.3. The van der Waals surface area contributed by atoms with Crippen molar-refractivity contribution >= 4 is 15.7 Å². The van der Waals surface area contributed by atoms with Gasteiger partial charge >= 0.3 is 0 Å². The SMILES string of the molecule is CC(C)CN1CCN(C(=O)c2ccncc2)[C@@H]2CS(=O)(=O)C[C@@H]21. The molecule has 2 atom stereocenters. The first-order chi connectivity index (χ1) is 10.9. The van der Waals surface area contributed by atoms with Crippen molar-refractivity contribution in [3.63, 3.8) is 0 Å². The summed E-state index contributed by atoms with van der Waals surface area (Å²) in [7, 11) is -3.09. The maximum atomic E-state index is 12.8. The number of aromatic nitrogens is 1. The average molecular weight is 337 g/mol. The van der Waals surface area contributed by atoms with E-state index in [1.807, 2.05) is 0 Å². The van der Waals surface area contributed by atoms with Crippen molar-refractivity contribution in [1.82, 2.24) is 14.8 Å². The van der Waals surface area contributed by atoms with E-state index in [2.05, 4.69) is 23.7 Å². The number of fused-ring (bicyclic) bond motifs is 1. The summed E-state index contributed by atoms with van der Waals surface area (Å²) in [4.78, 5) is 20.7. The molecule has 0 radical (unpaired) electrons. The molecule has 6 nitrogen and oxygen atoms in total. The third-order valence-electron chi connectivity index (χ3n) is 4.58.